The van der Waals surface area contributed by atoms with Gasteiger partial charge in [0.2, 0.25) is 11.8 Å². The molecular formula is C21H22N6O4. The predicted molar refractivity (Wildman–Crippen MR) is 116 cm³/mol. The van der Waals surface area contributed by atoms with E-state index < -0.39 is 0 Å². The van der Waals surface area contributed by atoms with Crippen molar-refractivity contribution in [3.8, 4) is 11.6 Å². The Balaban J connectivity index is 1.54. The summed E-state index contributed by atoms with van der Waals surface area (Å²) in [5.41, 5.74) is 2.66. The highest BCUT2D eigenvalue weighted by Crippen LogP contribution is 2.32. The van der Waals surface area contributed by atoms with Crippen LogP contribution < -0.4 is 25.4 Å². The summed E-state index contributed by atoms with van der Waals surface area (Å²) in [4.78, 5) is 24.9. The lowest BCUT2D eigenvalue weighted by atomic mass is 10.2. The standard InChI is InChI=1S/C21H22N6O4/c1-13(29)16-12-24-21(26-15-3-5-19(23-11-15)31-9-7-28)27-20(16)25-14-2-4-18-17(10-14)22-6-8-30-18/h2-5,10-12,22,28H,6-9H2,1H3,(H2,24,25,26,27). The summed E-state index contributed by atoms with van der Waals surface area (Å²) in [5.74, 6) is 1.73. The van der Waals surface area contributed by atoms with Crippen LogP contribution in [0.1, 0.15) is 17.3 Å². The minimum Gasteiger partial charge on any atom is -0.490 e. The number of carbonyl (C=O) groups is 1. The van der Waals surface area contributed by atoms with E-state index in [1.165, 1.54) is 13.1 Å². The Morgan fingerprint density at radius 1 is 1.19 bits per heavy atom. The van der Waals surface area contributed by atoms with Gasteiger partial charge in [0.25, 0.3) is 0 Å². The number of benzene rings is 1. The lowest BCUT2D eigenvalue weighted by molar-refractivity contribution is 0.101. The molecule has 0 saturated heterocycles. The molecule has 3 aromatic rings. The summed E-state index contributed by atoms with van der Waals surface area (Å²) in [6.07, 6.45) is 3.04. The zero-order valence-corrected chi connectivity index (χ0v) is 16.9. The molecule has 10 nitrogen and oxygen atoms in total. The molecule has 2 aromatic heterocycles. The van der Waals surface area contributed by atoms with Gasteiger partial charge in [-0.2, -0.15) is 4.98 Å². The van der Waals surface area contributed by atoms with Crippen LogP contribution in [0.25, 0.3) is 0 Å². The molecular weight excluding hydrogens is 400 g/mol. The monoisotopic (exact) mass is 422 g/mol. The van der Waals surface area contributed by atoms with Gasteiger partial charge in [0.05, 0.1) is 29.7 Å². The fourth-order valence-electron chi connectivity index (χ4n) is 2.97. The predicted octanol–water partition coefficient (Wildman–Crippen LogP) is 2.74. The highest BCUT2D eigenvalue weighted by atomic mass is 16.5. The number of aliphatic hydroxyl groups excluding tert-OH is 1. The Morgan fingerprint density at radius 2 is 2.06 bits per heavy atom. The first-order chi connectivity index (χ1) is 15.1. The number of rotatable bonds is 8. The third-order valence-corrected chi connectivity index (χ3v) is 4.42. The van der Waals surface area contributed by atoms with Crippen LogP contribution in [-0.4, -0.2) is 52.2 Å². The van der Waals surface area contributed by atoms with Crippen LogP contribution in [0.4, 0.5) is 28.8 Å². The largest absolute Gasteiger partial charge is 0.490 e. The Kier molecular flexibility index (Phi) is 6.08. The summed E-state index contributed by atoms with van der Waals surface area (Å²) in [7, 11) is 0. The van der Waals surface area contributed by atoms with E-state index in [0.29, 0.717) is 35.5 Å². The van der Waals surface area contributed by atoms with E-state index in [2.05, 4.69) is 30.9 Å². The van der Waals surface area contributed by atoms with Gasteiger partial charge in [-0.3, -0.25) is 4.79 Å². The van der Waals surface area contributed by atoms with Crippen LogP contribution in [0.2, 0.25) is 0 Å². The van der Waals surface area contributed by atoms with Crippen molar-refractivity contribution in [2.75, 3.05) is 42.3 Å². The van der Waals surface area contributed by atoms with E-state index in [4.69, 9.17) is 14.6 Å². The first-order valence-electron chi connectivity index (χ1n) is 9.75. The number of aromatic nitrogens is 3. The maximum atomic E-state index is 12.1. The van der Waals surface area contributed by atoms with Crippen molar-refractivity contribution in [3.63, 3.8) is 0 Å². The SMILES string of the molecule is CC(=O)c1cnc(Nc2ccc(OCCO)nc2)nc1Nc1ccc2c(c1)NCCO2. The first kappa shape index (κ1) is 20.4. The molecule has 160 valence electrons. The van der Waals surface area contributed by atoms with Crippen LogP contribution in [0.3, 0.4) is 0 Å². The molecule has 0 radical (unpaired) electrons. The number of fused-ring (bicyclic) bond motifs is 1. The van der Waals surface area contributed by atoms with Crippen LogP contribution >= 0.6 is 0 Å². The van der Waals surface area contributed by atoms with Crippen LogP contribution in [-0.2, 0) is 0 Å². The van der Waals surface area contributed by atoms with Crippen LogP contribution in [0, 0.1) is 0 Å². The van der Waals surface area contributed by atoms with Crippen molar-refractivity contribution >= 4 is 34.6 Å². The van der Waals surface area contributed by atoms with Crippen molar-refractivity contribution < 1.29 is 19.4 Å². The van der Waals surface area contributed by atoms with Gasteiger partial charge in [0.1, 0.15) is 24.8 Å². The van der Waals surface area contributed by atoms with Crippen molar-refractivity contribution in [3.05, 3.63) is 48.3 Å². The summed E-state index contributed by atoms with van der Waals surface area (Å²) < 4.78 is 10.8. The Morgan fingerprint density at radius 3 is 2.84 bits per heavy atom. The molecule has 0 spiro atoms. The van der Waals surface area contributed by atoms with E-state index in [1.54, 1.807) is 18.3 Å². The van der Waals surface area contributed by atoms with Gasteiger partial charge in [-0.15, -0.1) is 0 Å². The number of nitrogens with zero attached hydrogens (tertiary/aromatic N) is 3. The second kappa shape index (κ2) is 9.26. The van der Waals surface area contributed by atoms with E-state index in [-0.39, 0.29) is 19.0 Å². The number of pyridine rings is 1. The topological polar surface area (TPSA) is 131 Å². The molecule has 3 heterocycles. The Bertz CT molecular complexity index is 1070. The normalized spacial score (nSPS) is 12.2. The van der Waals surface area contributed by atoms with Crippen LogP contribution in [0.5, 0.6) is 11.6 Å². The van der Waals surface area contributed by atoms with E-state index in [0.717, 1.165) is 23.7 Å². The number of aliphatic hydroxyl groups is 1. The highest BCUT2D eigenvalue weighted by Gasteiger charge is 2.14. The van der Waals surface area contributed by atoms with Gasteiger partial charge >= 0.3 is 0 Å². The number of Topliss-reactive ketones (excluding diaryl/α,β-unsaturated/α-hetero) is 1. The minimum atomic E-state index is -0.152. The van der Waals surface area contributed by atoms with Crippen molar-refractivity contribution in [2.24, 2.45) is 0 Å². The number of carbonyl (C=O) groups excluding carboxylic acids is 1. The fourth-order valence-corrected chi connectivity index (χ4v) is 2.97. The zero-order chi connectivity index (χ0) is 21.6. The second-order valence-corrected chi connectivity index (χ2v) is 6.71. The summed E-state index contributed by atoms with van der Waals surface area (Å²) in [6.45, 7) is 2.91. The molecule has 0 bridgehead atoms. The molecule has 0 amide bonds. The second-order valence-electron chi connectivity index (χ2n) is 6.71. The van der Waals surface area contributed by atoms with Crippen molar-refractivity contribution in [1.29, 1.82) is 0 Å². The third kappa shape index (κ3) is 4.98. The Labute approximate surface area is 178 Å². The summed E-state index contributed by atoms with van der Waals surface area (Å²) in [6, 6.07) is 9.06. The minimum absolute atomic E-state index is 0.0822. The summed E-state index contributed by atoms with van der Waals surface area (Å²) in [5, 5.41) is 18.3. The average Bonchev–Trinajstić information content (AvgIpc) is 2.78. The van der Waals surface area contributed by atoms with Gasteiger partial charge in [-0.25, -0.2) is 9.97 Å². The van der Waals surface area contributed by atoms with Gasteiger partial charge < -0.3 is 30.5 Å². The molecule has 1 aliphatic heterocycles. The van der Waals surface area contributed by atoms with Gasteiger partial charge in [-0.05, 0) is 31.2 Å². The maximum absolute atomic E-state index is 12.1. The smallest absolute Gasteiger partial charge is 0.229 e. The van der Waals surface area contributed by atoms with E-state index in [9.17, 15) is 4.79 Å². The fraction of sp³-hybridized carbons (Fsp3) is 0.238. The molecule has 0 unspecified atom stereocenters. The Hall–Kier alpha value is -3.92. The number of ketones is 1. The number of anilines is 5. The molecule has 1 aromatic carbocycles. The van der Waals surface area contributed by atoms with Crippen molar-refractivity contribution in [1.82, 2.24) is 15.0 Å². The average molecular weight is 422 g/mol. The number of ether oxygens (including phenoxy) is 2. The molecule has 10 heteroatoms. The molecule has 4 rings (SSSR count). The highest BCUT2D eigenvalue weighted by molar-refractivity contribution is 5.99. The van der Waals surface area contributed by atoms with Crippen molar-refractivity contribution in [2.45, 2.75) is 6.92 Å². The number of hydrogen-bond acceptors (Lipinski definition) is 10. The number of hydrogen-bond donors (Lipinski definition) is 4. The van der Waals surface area contributed by atoms with E-state index >= 15 is 0 Å². The first-order valence-corrected chi connectivity index (χ1v) is 9.75. The zero-order valence-electron chi connectivity index (χ0n) is 16.9. The molecule has 0 saturated carbocycles. The molecule has 4 N–H and O–H groups in total. The lowest BCUT2D eigenvalue weighted by Gasteiger charge is -2.20. The lowest BCUT2D eigenvalue weighted by Crippen LogP contribution is -2.18. The molecule has 1 aliphatic rings. The number of nitrogens with one attached hydrogen (secondary N) is 3. The van der Waals surface area contributed by atoms with Gasteiger partial charge in [-0.1, -0.05) is 0 Å². The molecule has 0 atom stereocenters. The maximum Gasteiger partial charge on any atom is 0.229 e. The molecule has 31 heavy (non-hydrogen) atoms. The van der Waals surface area contributed by atoms with Gasteiger partial charge in [0.15, 0.2) is 5.78 Å². The third-order valence-electron chi connectivity index (χ3n) is 4.42. The summed E-state index contributed by atoms with van der Waals surface area (Å²) >= 11 is 0. The molecule has 0 fully saturated rings. The van der Waals surface area contributed by atoms with E-state index in [1.807, 2.05) is 18.2 Å². The van der Waals surface area contributed by atoms with Crippen LogP contribution in [0.15, 0.2) is 42.7 Å². The quantitative estimate of drug-likeness (QED) is 0.402. The molecule has 0 aliphatic carbocycles. The van der Waals surface area contributed by atoms with Gasteiger partial charge in [0, 0.05) is 24.5 Å².